The Hall–Kier alpha value is -2.19. The SMILES string of the molecule is Cc1c(/C=C2\SC(=S)N(CC3CCCO3)C2=O)c(N2CCN(C)CC2)n(C)c(=O)c1C#N. The Labute approximate surface area is 197 Å². The van der Waals surface area contributed by atoms with E-state index in [1.807, 2.05) is 0 Å². The van der Waals surface area contributed by atoms with Crippen molar-refractivity contribution < 1.29 is 9.53 Å². The number of ether oxygens (including phenoxy) is 1. The Morgan fingerprint density at radius 2 is 1.97 bits per heavy atom. The van der Waals surface area contributed by atoms with Crippen molar-refractivity contribution in [2.45, 2.75) is 25.9 Å². The Kier molecular flexibility index (Phi) is 6.72. The molecule has 3 aliphatic rings. The van der Waals surface area contributed by atoms with Crippen molar-refractivity contribution in [3.05, 3.63) is 31.9 Å². The number of aromatic nitrogens is 1. The van der Waals surface area contributed by atoms with E-state index in [-0.39, 0.29) is 23.1 Å². The summed E-state index contributed by atoms with van der Waals surface area (Å²) in [5.74, 6) is 0.593. The van der Waals surface area contributed by atoms with Crippen LogP contribution in [0.25, 0.3) is 6.08 Å². The van der Waals surface area contributed by atoms with Crippen molar-refractivity contribution in [2.24, 2.45) is 7.05 Å². The van der Waals surface area contributed by atoms with E-state index in [9.17, 15) is 14.9 Å². The summed E-state index contributed by atoms with van der Waals surface area (Å²) >= 11 is 6.76. The quantitative estimate of drug-likeness (QED) is 0.483. The predicted molar refractivity (Wildman–Crippen MR) is 130 cm³/mol. The molecule has 4 heterocycles. The molecule has 1 atom stereocenters. The van der Waals surface area contributed by atoms with E-state index in [1.54, 1.807) is 24.9 Å². The summed E-state index contributed by atoms with van der Waals surface area (Å²) in [4.78, 5) is 32.6. The number of likely N-dealkylation sites (N-methyl/N-ethyl adjacent to an activating group) is 1. The van der Waals surface area contributed by atoms with E-state index in [0.717, 1.165) is 57.0 Å². The van der Waals surface area contributed by atoms with Gasteiger partial charge in [0.1, 0.15) is 21.8 Å². The molecule has 1 unspecified atom stereocenters. The molecule has 3 fully saturated rings. The van der Waals surface area contributed by atoms with E-state index in [0.29, 0.717) is 21.3 Å². The van der Waals surface area contributed by atoms with Crippen molar-refractivity contribution in [1.29, 1.82) is 5.26 Å². The second-order valence-corrected chi connectivity index (χ2v) is 10.1. The van der Waals surface area contributed by atoms with Gasteiger partial charge < -0.3 is 14.5 Å². The number of amides is 1. The molecule has 1 amide bonds. The lowest BCUT2D eigenvalue weighted by Crippen LogP contribution is -2.46. The molecule has 0 spiro atoms. The van der Waals surface area contributed by atoms with Crippen LogP contribution in [0.5, 0.6) is 0 Å². The van der Waals surface area contributed by atoms with Gasteiger partial charge >= 0.3 is 0 Å². The summed E-state index contributed by atoms with van der Waals surface area (Å²) in [6.07, 6.45) is 3.74. The van der Waals surface area contributed by atoms with Crippen LogP contribution in [-0.4, -0.2) is 77.1 Å². The summed E-state index contributed by atoms with van der Waals surface area (Å²) in [5, 5.41) is 9.62. The van der Waals surface area contributed by atoms with Crippen LogP contribution in [0.2, 0.25) is 0 Å². The van der Waals surface area contributed by atoms with Crippen LogP contribution in [-0.2, 0) is 16.6 Å². The lowest BCUT2D eigenvalue weighted by molar-refractivity contribution is -0.123. The van der Waals surface area contributed by atoms with Gasteiger partial charge in [-0.05, 0) is 38.5 Å². The van der Waals surface area contributed by atoms with Gasteiger partial charge in [-0.25, -0.2) is 0 Å². The third-order valence-corrected chi connectivity index (χ3v) is 7.71. The number of thiocarbonyl (C=S) groups is 1. The van der Waals surface area contributed by atoms with Crippen molar-refractivity contribution in [3.63, 3.8) is 0 Å². The van der Waals surface area contributed by atoms with Gasteiger partial charge in [-0.2, -0.15) is 5.26 Å². The summed E-state index contributed by atoms with van der Waals surface area (Å²) in [6, 6.07) is 2.05. The molecule has 170 valence electrons. The third kappa shape index (κ3) is 4.22. The lowest BCUT2D eigenvalue weighted by atomic mass is 10.0. The molecular formula is C22H27N5O3S2. The highest BCUT2D eigenvalue weighted by molar-refractivity contribution is 8.26. The third-order valence-electron chi connectivity index (χ3n) is 6.33. The van der Waals surface area contributed by atoms with Gasteiger partial charge in [-0.15, -0.1) is 0 Å². The zero-order valence-corrected chi connectivity index (χ0v) is 20.2. The molecule has 32 heavy (non-hydrogen) atoms. The Bertz CT molecular complexity index is 1080. The highest BCUT2D eigenvalue weighted by atomic mass is 32.2. The standard InChI is InChI=1S/C22H27N5O3S2/c1-14-16(11-18-21(29)27(22(31)32-18)13-15-5-4-10-30-15)19(25(3)20(28)17(14)12-23)26-8-6-24(2)7-9-26/h11,15H,4-10,13H2,1-3H3/b18-11-. The average molecular weight is 474 g/mol. The molecule has 10 heteroatoms. The lowest BCUT2D eigenvalue weighted by Gasteiger charge is -2.36. The average Bonchev–Trinajstić information content (AvgIpc) is 3.38. The molecule has 1 aromatic rings. The number of carbonyl (C=O) groups is 1. The van der Waals surface area contributed by atoms with Crippen molar-refractivity contribution in [1.82, 2.24) is 14.4 Å². The zero-order chi connectivity index (χ0) is 23.0. The molecule has 0 N–H and O–H groups in total. The predicted octanol–water partition coefficient (Wildman–Crippen LogP) is 1.70. The van der Waals surface area contributed by atoms with Gasteiger partial charge in [0.25, 0.3) is 11.5 Å². The van der Waals surface area contributed by atoms with E-state index in [4.69, 9.17) is 17.0 Å². The second kappa shape index (κ2) is 9.35. The van der Waals surface area contributed by atoms with Gasteiger partial charge in [-0.1, -0.05) is 24.0 Å². The van der Waals surface area contributed by atoms with Gasteiger partial charge in [0, 0.05) is 45.4 Å². The molecule has 8 nitrogen and oxygen atoms in total. The first-order valence-electron chi connectivity index (χ1n) is 10.8. The molecule has 0 aromatic carbocycles. The number of pyridine rings is 1. The monoisotopic (exact) mass is 473 g/mol. The molecule has 3 saturated heterocycles. The van der Waals surface area contributed by atoms with Gasteiger partial charge in [0.05, 0.1) is 17.6 Å². The molecule has 1 aromatic heterocycles. The molecule has 0 saturated carbocycles. The number of piperazine rings is 1. The number of nitriles is 1. The molecule has 0 radical (unpaired) electrons. The van der Waals surface area contributed by atoms with Crippen molar-refractivity contribution in [2.75, 3.05) is 51.3 Å². The minimum atomic E-state index is -0.318. The van der Waals surface area contributed by atoms with Crippen LogP contribution in [0.4, 0.5) is 5.82 Å². The van der Waals surface area contributed by atoms with Crippen LogP contribution in [0.3, 0.4) is 0 Å². The van der Waals surface area contributed by atoms with E-state index < -0.39 is 0 Å². The van der Waals surface area contributed by atoms with Gasteiger partial charge in [0.15, 0.2) is 0 Å². The Balaban J connectivity index is 1.75. The Morgan fingerprint density at radius 3 is 2.59 bits per heavy atom. The fraction of sp³-hybridized carbons (Fsp3) is 0.545. The summed E-state index contributed by atoms with van der Waals surface area (Å²) in [6.45, 7) is 6.22. The summed E-state index contributed by atoms with van der Waals surface area (Å²) in [7, 11) is 3.76. The first-order valence-corrected chi connectivity index (χ1v) is 12.0. The maximum atomic E-state index is 13.2. The number of rotatable bonds is 4. The maximum absolute atomic E-state index is 13.2. The first kappa shape index (κ1) is 23.0. The zero-order valence-electron chi connectivity index (χ0n) is 18.6. The highest BCUT2D eigenvalue weighted by Gasteiger charge is 2.35. The first-order chi connectivity index (χ1) is 15.3. The molecular weight excluding hydrogens is 446 g/mol. The van der Waals surface area contributed by atoms with E-state index >= 15 is 0 Å². The molecule has 0 bridgehead atoms. The molecule has 4 rings (SSSR count). The van der Waals surface area contributed by atoms with Gasteiger partial charge in [0.2, 0.25) is 0 Å². The number of nitrogens with zero attached hydrogens (tertiary/aromatic N) is 5. The minimum absolute atomic E-state index is 0.0159. The largest absolute Gasteiger partial charge is 0.376 e. The van der Waals surface area contributed by atoms with Crippen LogP contribution in [0.1, 0.15) is 29.5 Å². The number of hydrogen-bond donors (Lipinski definition) is 0. The van der Waals surface area contributed by atoms with Gasteiger partial charge in [-0.3, -0.25) is 19.1 Å². The minimum Gasteiger partial charge on any atom is -0.376 e. The van der Waals surface area contributed by atoms with Crippen LogP contribution < -0.4 is 10.5 Å². The van der Waals surface area contributed by atoms with Crippen molar-refractivity contribution >= 4 is 46.1 Å². The number of carbonyl (C=O) groups excluding carboxylic acids is 1. The smallest absolute Gasteiger partial charge is 0.270 e. The fourth-order valence-electron chi connectivity index (χ4n) is 4.39. The fourth-order valence-corrected chi connectivity index (χ4v) is 5.65. The van der Waals surface area contributed by atoms with Crippen LogP contribution >= 0.6 is 24.0 Å². The Morgan fingerprint density at radius 1 is 1.25 bits per heavy atom. The number of thioether (sulfide) groups is 1. The maximum Gasteiger partial charge on any atom is 0.270 e. The second-order valence-electron chi connectivity index (χ2n) is 8.43. The topological polar surface area (TPSA) is 81.8 Å². The highest BCUT2D eigenvalue weighted by Crippen LogP contribution is 2.36. The van der Waals surface area contributed by atoms with E-state index in [2.05, 4.69) is 22.9 Å². The molecule has 0 aliphatic carbocycles. The molecule has 3 aliphatic heterocycles. The van der Waals surface area contributed by atoms with Crippen molar-refractivity contribution in [3.8, 4) is 6.07 Å². The van der Waals surface area contributed by atoms with E-state index in [1.165, 1.54) is 16.3 Å². The summed E-state index contributed by atoms with van der Waals surface area (Å²) < 4.78 is 7.74. The summed E-state index contributed by atoms with van der Waals surface area (Å²) in [5.41, 5.74) is 1.10. The normalized spacial score (nSPS) is 23.4. The number of anilines is 1. The van der Waals surface area contributed by atoms with Crippen LogP contribution in [0, 0.1) is 18.3 Å². The van der Waals surface area contributed by atoms with Crippen LogP contribution in [0.15, 0.2) is 9.70 Å². The number of hydrogen-bond acceptors (Lipinski definition) is 8.